The van der Waals surface area contributed by atoms with E-state index in [9.17, 15) is 14.4 Å². The summed E-state index contributed by atoms with van der Waals surface area (Å²) >= 11 is 1.37. The van der Waals surface area contributed by atoms with Gasteiger partial charge < -0.3 is 20.3 Å². The van der Waals surface area contributed by atoms with Gasteiger partial charge in [-0.15, -0.1) is 0 Å². The molecule has 0 unspecified atom stereocenters. The normalized spacial score (nSPS) is 16.3. The second kappa shape index (κ2) is 12.4. The largest absolute Gasteiger partial charge is 0.444 e. The number of likely N-dealkylation sites (tertiary alicyclic amines) is 1. The molecule has 1 aliphatic rings. The molecule has 0 bridgehead atoms. The second-order valence-electron chi connectivity index (χ2n) is 10.7. The summed E-state index contributed by atoms with van der Waals surface area (Å²) in [7, 11) is 0. The van der Waals surface area contributed by atoms with Crippen LogP contribution in [0.1, 0.15) is 57.7 Å². The lowest BCUT2D eigenvalue weighted by molar-refractivity contribution is -0.134. The third kappa shape index (κ3) is 8.10. The average Bonchev–Trinajstić information content (AvgIpc) is 3.35. The molecule has 2 atom stereocenters. The molecule has 1 aromatic carbocycles. The van der Waals surface area contributed by atoms with Crippen LogP contribution in [0, 0.1) is 0 Å². The van der Waals surface area contributed by atoms with Crippen molar-refractivity contribution in [1.29, 1.82) is 0 Å². The first-order chi connectivity index (χ1) is 18.6. The van der Waals surface area contributed by atoms with Gasteiger partial charge in [0.1, 0.15) is 11.6 Å². The highest BCUT2D eigenvalue weighted by molar-refractivity contribution is 7.19. The van der Waals surface area contributed by atoms with Crippen LogP contribution in [0.4, 0.5) is 9.93 Å². The minimum Gasteiger partial charge on any atom is -0.444 e. The van der Waals surface area contributed by atoms with Crippen LogP contribution in [0.25, 0.3) is 10.6 Å². The Morgan fingerprint density at radius 3 is 2.62 bits per heavy atom. The number of amides is 3. The first-order valence-corrected chi connectivity index (χ1v) is 13.9. The van der Waals surface area contributed by atoms with E-state index in [0.717, 1.165) is 34.7 Å². The molecule has 1 aliphatic heterocycles. The number of carbonyl (C=O) groups is 3. The number of hydrogen-bond acceptors (Lipinski definition) is 7. The lowest BCUT2D eigenvalue weighted by atomic mass is 9.93. The van der Waals surface area contributed by atoms with Gasteiger partial charge in [0.25, 0.3) is 0 Å². The summed E-state index contributed by atoms with van der Waals surface area (Å²) in [6.07, 6.45) is 3.21. The maximum Gasteiger partial charge on any atom is 0.408 e. The van der Waals surface area contributed by atoms with Crippen molar-refractivity contribution in [3.8, 4) is 10.6 Å². The van der Waals surface area contributed by atoms with Gasteiger partial charge in [-0.25, -0.2) is 9.78 Å². The van der Waals surface area contributed by atoms with E-state index < -0.39 is 17.7 Å². The van der Waals surface area contributed by atoms with Crippen LogP contribution in [0.2, 0.25) is 0 Å². The van der Waals surface area contributed by atoms with Crippen LogP contribution in [-0.4, -0.2) is 57.5 Å². The average molecular weight is 550 g/mol. The van der Waals surface area contributed by atoms with Crippen molar-refractivity contribution in [3.63, 3.8) is 0 Å². The minimum absolute atomic E-state index is 0.0595. The fourth-order valence-electron chi connectivity index (χ4n) is 4.56. The fourth-order valence-corrected chi connectivity index (χ4v) is 5.39. The lowest BCUT2D eigenvalue weighted by Crippen LogP contribution is -2.52. The predicted octanol–water partition coefficient (Wildman–Crippen LogP) is 5.01. The Kier molecular flexibility index (Phi) is 8.96. The summed E-state index contributed by atoms with van der Waals surface area (Å²) in [5, 5.41) is 6.05. The Hall–Kier alpha value is -3.79. The molecule has 3 aromatic rings. The molecule has 206 valence electrons. The number of rotatable bonds is 7. The molecule has 1 saturated heterocycles. The minimum atomic E-state index is -0.746. The Balaban J connectivity index is 1.49. The van der Waals surface area contributed by atoms with E-state index in [1.165, 1.54) is 18.3 Å². The van der Waals surface area contributed by atoms with E-state index in [1.807, 2.05) is 53.4 Å². The Bertz CT molecular complexity index is 1300. The van der Waals surface area contributed by atoms with Gasteiger partial charge in [0.05, 0.1) is 10.6 Å². The summed E-state index contributed by atoms with van der Waals surface area (Å²) in [5.74, 6) is -0.242. The smallest absolute Gasteiger partial charge is 0.408 e. The number of nitrogens with one attached hydrogen (secondary N) is 2. The highest BCUT2D eigenvalue weighted by Gasteiger charge is 2.32. The molecule has 0 spiro atoms. The van der Waals surface area contributed by atoms with Gasteiger partial charge in [0, 0.05) is 44.2 Å². The third-order valence-corrected chi connectivity index (χ3v) is 7.17. The molecule has 0 aliphatic carbocycles. The number of hydrogen-bond donors (Lipinski definition) is 2. The summed E-state index contributed by atoms with van der Waals surface area (Å²) in [4.78, 5) is 49.6. The number of nitrogens with zero attached hydrogens (tertiary/aromatic N) is 3. The molecule has 10 heteroatoms. The number of aromatic nitrogens is 2. The third-order valence-electron chi connectivity index (χ3n) is 6.23. The summed E-state index contributed by atoms with van der Waals surface area (Å²) < 4.78 is 5.45. The molecule has 0 radical (unpaired) electrons. The van der Waals surface area contributed by atoms with Gasteiger partial charge in [-0.05, 0) is 51.3 Å². The number of alkyl carbamates (subject to hydrolysis) is 1. The van der Waals surface area contributed by atoms with Crippen molar-refractivity contribution in [2.45, 2.75) is 64.5 Å². The number of piperidine rings is 1. The van der Waals surface area contributed by atoms with Crippen molar-refractivity contribution >= 4 is 34.4 Å². The van der Waals surface area contributed by atoms with Gasteiger partial charge in [-0.2, -0.15) is 0 Å². The van der Waals surface area contributed by atoms with E-state index in [4.69, 9.17) is 9.72 Å². The van der Waals surface area contributed by atoms with Gasteiger partial charge in [0.2, 0.25) is 11.8 Å². The second-order valence-corrected chi connectivity index (χ2v) is 11.7. The number of benzene rings is 1. The molecular formula is C29H35N5O4S. The highest BCUT2D eigenvalue weighted by atomic mass is 32.1. The maximum atomic E-state index is 13.8. The first-order valence-electron chi connectivity index (χ1n) is 13.1. The quantitative estimate of drug-likeness (QED) is 0.429. The van der Waals surface area contributed by atoms with Gasteiger partial charge in [-0.1, -0.05) is 47.7 Å². The van der Waals surface area contributed by atoms with Crippen molar-refractivity contribution in [2.75, 3.05) is 18.4 Å². The van der Waals surface area contributed by atoms with Crippen LogP contribution in [-0.2, 0) is 20.7 Å². The van der Waals surface area contributed by atoms with Crippen molar-refractivity contribution in [3.05, 3.63) is 66.0 Å². The zero-order chi connectivity index (χ0) is 28.0. The van der Waals surface area contributed by atoms with Crippen LogP contribution in [0.15, 0.2) is 54.7 Å². The molecule has 1 fully saturated rings. The van der Waals surface area contributed by atoms with Gasteiger partial charge >= 0.3 is 6.09 Å². The lowest BCUT2D eigenvalue weighted by Gasteiger charge is -2.35. The van der Waals surface area contributed by atoms with E-state index in [2.05, 4.69) is 15.6 Å². The Morgan fingerprint density at radius 2 is 1.90 bits per heavy atom. The summed E-state index contributed by atoms with van der Waals surface area (Å²) in [6.45, 7) is 7.96. The predicted molar refractivity (Wildman–Crippen MR) is 152 cm³/mol. The number of ether oxygens (including phenoxy) is 1. The molecule has 4 rings (SSSR count). The van der Waals surface area contributed by atoms with E-state index in [-0.39, 0.29) is 17.7 Å². The van der Waals surface area contributed by atoms with Crippen molar-refractivity contribution in [1.82, 2.24) is 20.2 Å². The van der Waals surface area contributed by atoms with Crippen LogP contribution in [0.3, 0.4) is 0 Å². The molecular weight excluding hydrogens is 514 g/mol. The van der Waals surface area contributed by atoms with Crippen LogP contribution < -0.4 is 10.6 Å². The SMILES string of the molecule is CC(=O)Nc1ncc(-c2cccc([C@@H]3CCCN(C(=O)[C@H](Cc4ccccc4)NC(=O)OC(C)(C)C)C3)n2)s1. The maximum absolute atomic E-state index is 13.8. The number of anilines is 1. The zero-order valence-electron chi connectivity index (χ0n) is 22.8. The molecule has 9 nitrogen and oxygen atoms in total. The van der Waals surface area contributed by atoms with Gasteiger partial charge in [-0.3, -0.25) is 14.6 Å². The van der Waals surface area contributed by atoms with Crippen molar-refractivity contribution in [2.24, 2.45) is 0 Å². The van der Waals surface area contributed by atoms with E-state index in [0.29, 0.717) is 24.6 Å². The number of carbonyl (C=O) groups excluding carboxylic acids is 3. The topological polar surface area (TPSA) is 114 Å². The Labute approximate surface area is 233 Å². The van der Waals surface area contributed by atoms with E-state index in [1.54, 1.807) is 27.0 Å². The Morgan fingerprint density at radius 1 is 1.13 bits per heavy atom. The summed E-state index contributed by atoms with van der Waals surface area (Å²) in [6, 6.07) is 14.8. The first kappa shape index (κ1) is 28.2. The van der Waals surface area contributed by atoms with Gasteiger partial charge in [0.15, 0.2) is 5.13 Å². The molecule has 0 saturated carbocycles. The zero-order valence-corrected chi connectivity index (χ0v) is 23.6. The van der Waals surface area contributed by atoms with E-state index >= 15 is 0 Å². The molecule has 2 N–H and O–H groups in total. The molecule has 2 aromatic heterocycles. The summed E-state index contributed by atoms with van der Waals surface area (Å²) in [5.41, 5.74) is 1.97. The molecule has 39 heavy (non-hydrogen) atoms. The van der Waals surface area contributed by atoms with Crippen LogP contribution in [0.5, 0.6) is 0 Å². The highest BCUT2D eigenvalue weighted by Crippen LogP contribution is 2.31. The monoisotopic (exact) mass is 549 g/mol. The fraction of sp³-hybridized carbons (Fsp3) is 0.414. The standard InChI is InChI=1S/C29H35N5O4S/c1-19(35)31-27-30-17-25(39-27)23-14-8-13-22(32-23)21-12-9-15-34(18-21)26(36)24(16-20-10-6-5-7-11-20)33-28(37)38-29(2,3)4/h5-8,10-11,13-14,17,21,24H,9,12,15-16,18H2,1-4H3,(H,33,37)(H,30,31,35)/t21-,24+/m1/s1. The molecule has 3 amide bonds. The van der Waals surface area contributed by atoms with Crippen LogP contribution >= 0.6 is 11.3 Å². The van der Waals surface area contributed by atoms with Crippen molar-refractivity contribution < 1.29 is 19.1 Å². The number of pyridine rings is 1. The number of thiazole rings is 1. The molecule has 3 heterocycles.